The number of aromatic nitrogens is 1. The first-order valence-electron chi connectivity index (χ1n) is 12.7. The predicted octanol–water partition coefficient (Wildman–Crippen LogP) is 4.44. The van der Waals surface area contributed by atoms with Gasteiger partial charge in [-0.3, -0.25) is 9.52 Å². The molecule has 0 spiro atoms. The zero-order valence-electron chi connectivity index (χ0n) is 22.6. The fourth-order valence-electron chi connectivity index (χ4n) is 4.32. The number of hydrogen-bond acceptors (Lipinski definition) is 7. The molecular formula is C26H32F4N4O5S. The van der Waals surface area contributed by atoms with Crippen LogP contribution in [0.15, 0.2) is 24.3 Å². The molecule has 1 aromatic carbocycles. The van der Waals surface area contributed by atoms with E-state index in [1.807, 2.05) is 11.6 Å². The highest BCUT2D eigenvalue weighted by molar-refractivity contribution is 7.92. The highest BCUT2D eigenvalue weighted by Gasteiger charge is 2.39. The van der Waals surface area contributed by atoms with E-state index in [0.717, 1.165) is 31.2 Å². The van der Waals surface area contributed by atoms with Crippen molar-refractivity contribution in [2.24, 2.45) is 5.92 Å². The lowest BCUT2D eigenvalue weighted by molar-refractivity contribution is -0.141. The molecule has 40 heavy (non-hydrogen) atoms. The van der Waals surface area contributed by atoms with Gasteiger partial charge in [0.2, 0.25) is 15.9 Å². The van der Waals surface area contributed by atoms with E-state index in [-0.39, 0.29) is 35.8 Å². The lowest BCUT2D eigenvalue weighted by atomic mass is 9.98. The lowest BCUT2D eigenvalue weighted by Gasteiger charge is -2.33. The van der Waals surface area contributed by atoms with E-state index in [2.05, 4.69) is 10.3 Å². The summed E-state index contributed by atoms with van der Waals surface area (Å²) in [5.41, 5.74) is -1.94. The van der Waals surface area contributed by atoms with Crippen LogP contribution < -0.4 is 14.9 Å². The molecule has 1 amide bonds. The van der Waals surface area contributed by atoms with Gasteiger partial charge in [-0.05, 0) is 56.4 Å². The number of esters is 1. The summed E-state index contributed by atoms with van der Waals surface area (Å²) in [6.45, 7) is 5.53. The van der Waals surface area contributed by atoms with Crippen molar-refractivity contribution in [1.82, 2.24) is 10.3 Å². The number of amides is 1. The first-order valence-corrected chi connectivity index (χ1v) is 14.6. The highest BCUT2D eigenvalue weighted by atomic mass is 32.2. The Kier molecular flexibility index (Phi) is 9.64. The van der Waals surface area contributed by atoms with Crippen molar-refractivity contribution in [2.75, 3.05) is 35.6 Å². The Morgan fingerprint density at radius 3 is 2.40 bits per heavy atom. The van der Waals surface area contributed by atoms with Crippen molar-refractivity contribution < 1.29 is 40.3 Å². The van der Waals surface area contributed by atoms with Crippen molar-refractivity contribution in [3.63, 3.8) is 0 Å². The summed E-state index contributed by atoms with van der Waals surface area (Å²) >= 11 is 0. The summed E-state index contributed by atoms with van der Waals surface area (Å²) in [6.07, 6.45) is -2.57. The lowest BCUT2D eigenvalue weighted by Crippen LogP contribution is -2.36. The smallest absolute Gasteiger partial charge is 0.434 e. The fourth-order valence-corrected chi connectivity index (χ4v) is 4.88. The SMILES string of the molecule is CCOC(=O)c1cc(CNC(=O)C(C)c2ccc(NS(C)(=O)=O)c(F)c2)c(N2CCC(C)CC2)nc1C(F)(F)F. The number of carbonyl (C=O) groups is 2. The van der Waals surface area contributed by atoms with Crippen LogP contribution in [0.4, 0.5) is 29.1 Å². The molecule has 1 aliphatic heterocycles. The molecule has 0 bridgehead atoms. The van der Waals surface area contributed by atoms with Crippen molar-refractivity contribution in [3.8, 4) is 0 Å². The first kappa shape index (κ1) is 31.1. The van der Waals surface area contributed by atoms with Gasteiger partial charge in [0.15, 0.2) is 5.69 Å². The molecule has 2 heterocycles. The van der Waals surface area contributed by atoms with Gasteiger partial charge in [0.1, 0.15) is 11.6 Å². The van der Waals surface area contributed by atoms with Crippen molar-refractivity contribution >= 4 is 33.4 Å². The number of halogens is 4. The molecule has 1 aromatic heterocycles. The van der Waals surface area contributed by atoms with Crippen LogP contribution in [-0.4, -0.2) is 51.2 Å². The zero-order valence-corrected chi connectivity index (χ0v) is 23.4. The number of ether oxygens (including phenoxy) is 1. The van der Waals surface area contributed by atoms with Crippen molar-refractivity contribution in [2.45, 2.75) is 52.3 Å². The van der Waals surface area contributed by atoms with Gasteiger partial charge in [-0.2, -0.15) is 13.2 Å². The number of piperidine rings is 1. The van der Waals surface area contributed by atoms with Gasteiger partial charge in [-0.25, -0.2) is 22.6 Å². The number of pyridine rings is 1. The Labute approximate surface area is 230 Å². The molecule has 14 heteroatoms. The van der Waals surface area contributed by atoms with Crippen LogP contribution >= 0.6 is 0 Å². The minimum absolute atomic E-state index is 0.0162. The maximum absolute atomic E-state index is 14.5. The van der Waals surface area contributed by atoms with Crippen LogP contribution in [-0.2, 0) is 32.3 Å². The average Bonchev–Trinajstić information content (AvgIpc) is 2.87. The minimum atomic E-state index is -4.92. The van der Waals surface area contributed by atoms with E-state index >= 15 is 0 Å². The molecule has 0 aliphatic carbocycles. The van der Waals surface area contributed by atoms with Crippen LogP contribution in [0.2, 0.25) is 0 Å². The molecule has 1 fully saturated rings. The van der Waals surface area contributed by atoms with Gasteiger partial charge in [0.25, 0.3) is 0 Å². The molecule has 2 aromatic rings. The molecule has 0 saturated carbocycles. The number of alkyl halides is 3. The number of rotatable bonds is 9. The number of sulfonamides is 1. The van der Waals surface area contributed by atoms with Crippen LogP contribution in [0.25, 0.3) is 0 Å². The van der Waals surface area contributed by atoms with E-state index in [4.69, 9.17) is 4.74 Å². The maximum Gasteiger partial charge on any atom is 0.434 e. The largest absolute Gasteiger partial charge is 0.462 e. The van der Waals surface area contributed by atoms with Gasteiger partial charge < -0.3 is 15.0 Å². The van der Waals surface area contributed by atoms with E-state index in [1.165, 1.54) is 26.0 Å². The third-order valence-corrected chi connectivity index (χ3v) is 7.15. The monoisotopic (exact) mass is 588 g/mol. The molecule has 1 unspecified atom stereocenters. The Balaban J connectivity index is 1.91. The molecule has 2 N–H and O–H groups in total. The molecule has 0 radical (unpaired) electrons. The Hall–Kier alpha value is -3.42. The average molecular weight is 589 g/mol. The number of anilines is 2. The molecule has 3 rings (SSSR count). The highest BCUT2D eigenvalue weighted by Crippen LogP contribution is 2.35. The van der Waals surface area contributed by atoms with Crippen molar-refractivity contribution in [3.05, 3.63) is 52.5 Å². The number of carbonyl (C=O) groups excluding carboxylic acids is 2. The van der Waals surface area contributed by atoms with Gasteiger partial charge in [-0.1, -0.05) is 13.0 Å². The summed E-state index contributed by atoms with van der Waals surface area (Å²) in [6, 6.07) is 4.66. The number of hydrogen-bond donors (Lipinski definition) is 2. The van der Waals surface area contributed by atoms with Crippen LogP contribution in [0.1, 0.15) is 66.7 Å². The summed E-state index contributed by atoms with van der Waals surface area (Å²) in [4.78, 5) is 31.0. The van der Waals surface area contributed by atoms with Gasteiger partial charge >= 0.3 is 12.1 Å². The third kappa shape index (κ3) is 7.83. The molecule has 1 saturated heterocycles. The van der Waals surface area contributed by atoms with Gasteiger partial charge in [0.05, 0.1) is 30.0 Å². The summed E-state index contributed by atoms with van der Waals surface area (Å²) in [7, 11) is -3.71. The second-order valence-corrected chi connectivity index (χ2v) is 11.6. The summed E-state index contributed by atoms with van der Waals surface area (Å²) < 4.78 is 85.9. The summed E-state index contributed by atoms with van der Waals surface area (Å²) in [5, 5.41) is 2.64. The summed E-state index contributed by atoms with van der Waals surface area (Å²) in [5.74, 6) is -3.12. The van der Waals surface area contributed by atoms with E-state index in [9.17, 15) is 35.6 Å². The van der Waals surface area contributed by atoms with Crippen LogP contribution in [0.5, 0.6) is 0 Å². The molecule has 9 nitrogen and oxygen atoms in total. The molecule has 1 aliphatic rings. The quantitative estimate of drug-likeness (QED) is 0.329. The topological polar surface area (TPSA) is 118 Å². The van der Waals surface area contributed by atoms with Crippen LogP contribution in [0.3, 0.4) is 0 Å². The normalized spacial score (nSPS) is 15.4. The number of benzene rings is 1. The molecule has 220 valence electrons. The molecule has 1 atom stereocenters. The van der Waals surface area contributed by atoms with E-state index in [1.54, 1.807) is 4.90 Å². The molecular weight excluding hydrogens is 556 g/mol. The fraction of sp³-hybridized carbons (Fsp3) is 0.500. The maximum atomic E-state index is 14.5. The third-order valence-electron chi connectivity index (χ3n) is 6.56. The van der Waals surface area contributed by atoms with Crippen molar-refractivity contribution in [1.29, 1.82) is 0 Å². The van der Waals surface area contributed by atoms with E-state index in [0.29, 0.717) is 19.0 Å². The van der Waals surface area contributed by atoms with Crippen LogP contribution in [0, 0.1) is 11.7 Å². The Bertz CT molecular complexity index is 1360. The number of nitrogens with one attached hydrogen (secondary N) is 2. The standard InChI is InChI=1S/C26H32F4N4O5S/c1-5-39-25(36)19-12-18(23(32-22(19)26(28,29)30)34-10-8-15(2)9-11-34)14-31-24(35)16(3)17-6-7-21(20(27)13-17)33-40(4,37)38/h6-7,12-13,15-16,33H,5,8-11,14H2,1-4H3,(H,31,35). The minimum Gasteiger partial charge on any atom is -0.462 e. The Morgan fingerprint density at radius 1 is 1.20 bits per heavy atom. The first-order chi connectivity index (χ1) is 18.6. The Morgan fingerprint density at radius 2 is 1.85 bits per heavy atom. The van der Waals surface area contributed by atoms with E-state index < -0.39 is 51.1 Å². The number of nitrogens with zero attached hydrogens (tertiary/aromatic N) is 2. The zero-order chi connectivity index (χ0) is 29.8. The van der Waals surface area contributed by atoms with Gasteiger partial charge in [0, 0.05) is 25.2 Å². The second kappa shape index (κ2) is 12.4. The second-order valence-electron chi connectivity index (χ2n) is 9.81. The van der Waals surface area contributed by atoms with Gasteiger partial charge in [-0.15, -0.1) is 0 Å². The predicted molar refractivity (Wildman–Crippen MR) is 141 cm³/mol.